The van der Waals surface area contributed by atoms with Crippen LogP contribution in [0.2, 0.25) is 0 Å². The molecule has 0 bridgehead atoms. The van der Waals surface area contributed by atoms with E-state index in [9.17, 15) is 13.2 Å². The van der Waals surface area contributed by atoms with Crippen LogP contribution >= 0.6 is 0 Å². The van der Waals surface area contributed by atoms with Gasteiger partial charge in [-0.3, -0.25) is 14.7 Å². The number of aromatic nitrogens is 1. The molecule has 1 amide bonds. The molecule has 1 fully saturated rings. The van der Waals surface area contributed by atoms with Gasteiger partial charge in [0.15, 0.2) is 9.84 Å². The smallest absolute Gasteiger partial charge is 0.234 e. The van der Waals surface area contributed by atoms with Gasteiger partial charge in [0.2, 0.25) is 5.91 Å². The van der Waals surface area contributed by atoms with Crippen molar-refractivity contribution in [3.05, 3.63) is 29.6 Å². The number of amides is 1. The molecule has 7 heteroatoms. The Bertz CT molecular complexity index is 616. The highest BCUT2D eigenvalue weighted by atomic mass is 32.2. The van der Waals surface area contributed by atoms with E-state index in [1.807, 2.05) is 24.0 Å². The van der Waals surface area contributed by atoms with E-state index < -0.39 is 9.84 Å². The predicted molar refractivity (Wildman–Crippen MR) is 80.5 cm³/mol. The van der Waals surface area contributed by atoms with Crippen molar-refractivity contribution >= 4 is 15.7 Å². The molecule has 6 nitrogen and oxygen atoms in total. The SMILES string of the molecule is Cc1cc(CNC(=O)CN(C)[C@H]2CCS(=O)(=O)C2)ccn1. The normalized spacial score (nSPS) is 20.6. The summed E-state index contributed by atoms with van der Waals surface area (Å²) in [6.45, 7) is 2.57. The zero-order chi connectivity index (χ0) is 15.5. The van der Waals surface area contributed by atoms with Crippen LogP contribution in [0.15, 0.2) is 18.3 Å². The van der Waals surface area contributed by atoms with Gasteiger partial charge in [-0.05, 0) is 38.1 Å². The summed E-state index contributed by atoms with van der Waals surface area (Å²) in [5, 5.41) is 2.84. The Hall–Kier alpha value is -1.47. The summed E-state index contributed by atoms with van der Waals surface area (Å²) in [4.78, 5) is 17.8. The van der Waals surface area contributed by atoms with Crippen molar-refractivity contribution in [1.82, 2.24) is 15.2 Å². The Balaban J connectivity index is 1.79. The van der Waals surface area contributed by atoms with Crippen molar-refractivity contribution in [2.45, 2.75) is 25.9 Å². The van der Waals surface area contributed by atoms with Crippen LogP contribution < -0.4 is 5.32 Å². The van der Waals surface area contributed by atoms with Crippen molar-refractivity contribution in [2.24, 2.45) is 0 Å². The van der Waals surface area contributed by atoms with Crippen LogP contribution in [0.5, 0.6) is 0 Å². The first-order chi connectivity index (χ1) is 9.85. The van der Waals surface area contributed by atoms with Crippen molar-refractivity contribution in [3.8, 4) is 0 Å². The third-order valence-electron chi connectivity index (χ3n) is 3.68. The highest BCUT2D eigenvalue weighted by Gasteiger charge is 2.31. The van der Waals surface area contributed by atoms with E-state index in [2.05, 4.69) is 10.3 Å². The van der Waals surface area contributed by atoms with Crippen molar-refractivity contribution in [3.63, 3.8) is 0 Å². The topological polar surface area (TPSA) is 79.4 Å². The number of carbonyl (C=O) groups is 1. The molecule has 0 aliphatic carbocycles. The number of carbonyl (C=O) groups excluding carboxylic acids is 1. The van der Waals surface area contributed by atoms with E-state index in [-0.39, 0.29) is 30.0 Å². The number of rotatable bonds is 5. The fourth-order valence-corrected chi connectivity index (χ4v) is 4.25. The molecule has 1 N–H and O–H groups in total. The standard InChI is InChI=1S/C14H21N3O3S/c1-11-7-12(3-5-15-11)8-16-14(18)9-17(2)13-4-6-21(19,20)10-13/h3,5,7,13H,4,6,8-10H2,1-2H3,(H,16,18)/t13-/m0/s1. The summed E-state index contributed by atoms with van der Waals surface area (Å²) in [7, 11) is -1.12. The number of aryl methyl sites for hydroxylation is 1. The maximum atomic E-state index is 11.9. The molecule has 2 rings (SSSR count). The second kappa shape index (κ2) is 6.53. The fraction of sp³-hybridized carbons (Fsp3) is 0.571. The molecule has 1 saturated heterocycles. The summed E-state index contributed by atoms with van der Waals surface area (Å²) in [5.41, 5.74) is 1.91. The first-order valence-electron chi connectivity index (χ1n) is 6.94. The van der Waals surface area contributed by atoms with Crippen LogP contribution in [0.3, 0.4) is 0 Å². The zero-order valence-corrected chi connectivity index (χ0v) is 13.2. The van der Waals surface area contributed by atoms with Crippen molar-refractivity contribution < 1.29 is 13.2 Å². The molecule has 0 radical (unpaired) electrons. The summed E-state index contributed by atoms with van der Waals surface area (Å²) in [5.74, 6) is 0.275. The highest BCUT2D eigenvalue weighted by Crippen LogP contribution is 2.16. The molecule has 116 valence electrons. The monoisotopic (exact) mass is 311 g/mol. The fourth-order valence-electron chi connectivity index (χ4n) is 2.45. The molecule has 2 heterocycles. The van der Waals surface area contributed by atoms with Gasteiger partial charge in [0.25, 0.3) is 0 Å². The van der Waals surface area contributed by atoms with E-state index in [1.165, 1.54) is 0 Å². The largest absolute Gasteiger partial charge is 0.351 e. The first kappa shape index (κ1) is 15.9. The molecule has 1 aliphatic heterocycles. The lowest BCUT2D eigenvalue weighted by Gasteiger charge is -2.22. The third-order valence-corrected chi connectivity index (χ3v) is 5.43. The van der Waals surface area contributed by atoms with Gasteiger partial charge in [-0.2, -0.15) is 0 Å². The van der Waals surface area contributed by atoms with E-state index in [0.717, 1.165) is 11.3 Å². The lowest BCUT2D eigenvalue weighted by atomic mass is 10.2. The number of hydrogen-bond donors (Lipinski definition) is 1. The van der Waals surface area contributed by atoms with Crippen LogP contribution in [0, 0.1) is 6.92 Å². The summed E-state index contributed by atoms with van der Waals surface area (Å²) in [6, 6.07) is 3.73. The van der Waals surface area contributed by atoms with E-state index >= 15 is 0 Å². The zero-order valence-electron chi connectivity index (χ0n) is 12.4. The molecular formula is C14H21N3O3S. The maximum Gasteiger partial charge on any atom is 0.234 e. The van der Waals surface area contributed by atoms with Crippen LogP contribution in [-0.2, 0) is 21.2 Å². The molecule has 0 unspecified atom stereocenters. The van der Waals surface area contributed by atoms with Gasteiger partial charge in [-0.25, -0.2) is 8.42 Å². The van der Waals surface area contributed by atoms with Crippen LogP contribution in [0.4, 0.5) is 0 Å². The van der Waals surface area contributed by atoms with E-state index in [4.69, 9.17) is 0 Å². The number of likely N-dealkylation sites (N-methyl/N-ethyl adjacent to an activating group) is 1. The number of nitrogens with one attached hydrogen (secondary N) is 1. The lowest BCUT2D eigenvalue weighted by Crippen LogP contribution is -2.41. The van der Waals surface area contributed by atoms with Gasteiger partial charge < -0.3 is 5.32 Å². The highest BCUT2D eigenvalue weighted by molar-refractivity contribution is 7.91. The number of hydrogen-bond acceptors (Lipinski definition) is 5. The summed E-state index contributed by atoms with van der Waals surface area (Å²) < 4.78 is 22.9. The average molecular weight is 311 g/mol. The molecule has 0 spiro atoms. The summed E-state index contributed by atoms with van der Waals surface area (Å²) in [6.07, 6.45) is 2.32. The first-order valence-corrected chi connectivity index (χ1v) is 8.77. The Kier molecular flexibility index (Phi) is 4.95. The number of sulfone groups is 1. The van der Waals surface area contributed by atoms with E-state index in [1.54, 1.807) is 13.2 Å². The maximum absolute atomic E-state index is 11.9. The second-order valence-electron chi connectivity index (χ2n) is 5.55. The molecule has 1 aromatic heterocycles. The van der Waals surface area contributed by atoms with E-state index in [0.29, 0.717) is 13.0 Å². The molecule has 1 aliphatic rings. The molecule has 0 saturated carbocycles. The Labute approximate surface area is 125 Å². The quantitative estimate of drug-likeness (QED) is 0.836. The number of nitrogens with zero attached hydrogens (tertiary/aromatic N) is 2. The van der Waals surface area contributed by atoms with Gasteiger partial charge in [-0.15, -0.1) is 0 Å². The second-order valence-corrected chi connectivity index (χ2v) is 7.78. The minimum absolute atomic E-state index is 0.0519. The molecule has 0 aromatic carbocycles. The summed E-state index contributed by atoms with van der Waals surface area (Å²) >= 11 is 0. The van der Waals surface area contributed by atoms with Gasteiger partial charge in [-0.1, -0.05) is 0 Å². The van der Waals surface area contributed by atoms with Gasteiger partial charge in [0.05, 0.1) is 18.1 Å². The minimum atomic E-state index is -2.92. The minimum Gasteiger partial charge on any atom is -0.351 e. The van der Waals surface area contributed by atoms with Crippen LogP contribution in [-0.4, -0.2) is 55.3 Å². The Morgan fingerprint density at radius 1 is 1.52 bits per heavy atom. The van der Waals surface area contributed by atoms with Crippen LogP contribution in [0.1, 0.15) is 17.7 Å². The van der Waals surface area contributed by atoms with Crippen LogP contribution in [0.25, 0.3) is 0 Å². The molecule has 1 aromatic rings. The third kappa shape index (κ3) is 4.78. The lowest BCUT2D eigenvalue weighted by molar-refractivity contribution is -0.122. The number of pyridine rings is 1. The van der Waals surface area contributed by atoms with Gasteiger partial charge >= 0.3 is 0 Å². The predicted octanol–water partition coefficient (Wildman–Crippen LogP) is 0.125. The molecule has 21 heavy (non-hydrogen) atoms. The van der Waals surface area contributed by atoms with Crippen molar-refractivity contribution in [2.75, 3.05) is 25.1 Å². The van der Waals surface area contributed by atoms with Gasteiger partial charge in [0, 0.05) is 24.5 Å². The molecular weight excluding hydrogens is 290 g/mol. The Morgan fingerprint density at radius 3 is 2.90 bits per heavy atom. The van der Waals surface area contributed by atoms with Gasteiger partial charge in [0.1, 0.15) is 0 Å². The van der Waals surface area contributed by atoms with Crippen molar-refractivity contribution in [1.29, 1.82) is 0 Å². The molecule has 1 atom stereocenters. The average Bonchev–Trinajstić information content (AvgIpc) is 2.77. The Morgan fingerprint density at radius 2 is 2.29 bits per heavy atom.